The molecule has 1 aromatic carbocycles. The van der Waals surface area contributed by atoms with E-state index in [1.807, 2.05) is 23.1 Å². The highest BCUT2D eigenvalue weighted by Crippen LogP contribution is 2.17. The summed E-state index contributed by atoms with van der Waals surface area (Å²) in [5.74, 6) is 1.54. The Bertz CT molecular complexity index is 901. The summed E-state index contributed by atoms with van der Waals surface area (Å²) < 4.78 is 4.99. The van der Waals surface area contributed by atoms with Crippen LogP contribution >= 0.6 is 0 Å². The number of nitrogens with one attached hydrogen (secondary N) is 1. The van der Waals surface area contributed by atoms with Crippen LogP contribution in [-0.4, -0.2) is 52.1 Å². The highest BCUT2D eigenvalue weighted by Gasteiger charge is 2.22. The second kappa shape index (κ2) is 7.45. The van der Waals surface area contributed by atoms with Crippen molar-refractivity contribution in [1.29, 1.82) is 0 Å². The van der Waals surface area contributed by atoms with Crippen LogP contribution in [0.1, 0.15) is 16.1 Å². The van der Waals surface area contributed by atoms with Gasteiger partial charge in [-0.3, -0.25) is 4.79 Å². The molecule has 8 nitrogen and oxygen atoms in total. The van der Waals surface area contributed by atoms with Crippen molar-refractivity contribution in [2.24, 2.45) is 0 Å². The highest BCUT2D eigenvalue weighted by molar-refractivity contribution is 5.93. The number of rotatable bonds is 4. The van der Waals surface area contributed by atoms with E-state index in [9.17, 15) is 4.79 Å². The molecule has 8 heteroatoms. The molecule has 0 aliphatic carbocycles. The van der Waals surface area contributed by atoms with Crippen molar-refractivity contribution in [2.45, 2.75) is 6.92 Å². The van der Waals surface area contributed by atoms with Gasteiger partial charge in [0.2, 0.25) is 5.95 Å². The van der Waals surface area contributed by atoms with Gasteiger partial charge in [0, 0.05) is 50.3 Å². The molecular weight excluding hydrogens is 344 g/mol. The van der Waals surface area contributed by atoms with Crippen LogP contribution in [-0.2, 0) is 0 Å². The molecule has 1 N–H and O–H groups in total. The maximum Gasteiger partial charge on any atom is 0.257 e. The first kappa shape index (κ1) is 17.0. The standard InChI is InChI=1S/C19H20N6O2/c1-14-11-17(23-27-14)22-19-20-12-15(13-21-19)18(26)25-9-7-24(8-10-25)16-5-3-2-4-6-16/h2-6,11-13H,7-10H2,1H3,(H,20,21,22,23). The number of amides is 1. The fourth-order valence-corrected chi connectivity index (χ4v) is 3.03. The molecule has 4 rings (SSSR count). The Hall–Kier alpha value is -3.42. The summed E-state index contributed by atoms with van der Waals surface area (Å²) in [6.45, 7) is 4.76. The summed E-state index contributed by atoms with van der Waals surface area (Å²) in [5, 5.41) is 6.76. The number of para-hydroxylation sites is 1. The van der Waals surface area contributed by atoms with Crippen molar-refractivity contribution in [2.75, 3.05) is 36.4 Å². The molecule has 0 bridgehead atoms. The Morgan fingerprint density at radius 3 is 2.41 bits per heavy atom. The van der Waals surface area contributed by atoms with E-state index in [0.717, 1.165) is 13.1 Å². The van der Waals surface area contributed by atoms with E-state index in [2.05, 4.69) is 37.5 Å². The normalized spacial score (nSPS) is 14.3. The number of carbonyl (C=O) groups is 1. The van der Waals surface area contributed by atoms with Gasteiger partial charge >= 0.3 is 0 Å². The molecule has 0 radical (unpaired) electrons. The van der Waals surface area contributed by atoms with E-state index in [-0.39, 0.29) is 5.91 Å². The van der Waals surface area contributed by atoms with Gasteiger partial charge in [-0.2, -0.15) is 0 Å². The van der Waals surface area contributed by atoms with Crippen molar-refractivity contribution < 1.29 is 9.32 Å². The van der Waals surface area contributed by atoms with Gasteiger partial charge in [-0.25, -0.2) is 9.97 Å². The number of nitrogens with zero attached hydrogens (tertiary/aromatic N) is 5. The summed E-state index contributed by atoms with van der Waals surface area (Å²) in [4.78, 5) is 25.2. The van der Waals surface area contributed by atoms with Crippen LogP contribution in [0.15, 0.2) is 53.3 Å². The Balaban J connectivity index is 1.36. The van der Waals surface area contributed by atoms with E-state index in [0.29, 0.717) is 36.2 Å². The molecule has 138 valence electrons. The third-order valence-electron chi connectivity index (χ3n) is 4.45. The second-order valence-corrected chi connectivity index (χ2v) is 6.36. The van der Waals surface area contributed by atoms with Crippen molar-refractivity contribution in [3.05, 3.63) is 60.1 Å². The zero-order valence-electron chi connectivity index (χ0n) is 15.0. The number of aryl methyl sites for hydroxylation is 1. The second-order valence-electron chi connectivity index (χ2n) is 6.36. The zero-order chi connectivity index (χ0) is 18.6. The lowest BCUT2D eigenvalue weighted by molar-refractivity contribution is 0.0746. The minimum Gasteiger partial charge on any atom is -0.368 e. The Morgan fingerprint density at radius 1 is 1.07 bits per heavy atom. The molecule has 3 heterocycles. The topological polar surface area (TPSA) is 87.4 Å². The summed E-state index contributed by atoms with van der Waals surface area (Å²) in [6, 6.07) is 12.0. The van der Waals surface area contributed by atoms with Crippen molar-refractivity contribution in [3.8, 4) is 0 Å². The predicted molar refractivity (Wildman–Crippen MR) is 101 cm³/mol. The summed E-state index contributed by atoms with van der Waals surface area (Å²) >= 11 is 0. The Kier molecular flexibility index (Phi) is 4.69. The number of carbonyl (C=O) groups excluding carboxylic acids is 1. The Morgan fingerprint density at radius 2 is 1.78 bits per heavy atom. The number of benzene rings is 1. The lowest BCUT2D eigenvalue weighted by Gasteiger charge is -2.36. The molecular formula is C19H20N6O2. The highest BCUT2D eigenvalue weighted by atomic mass is 16.5. The molecule has 1 saturated heterocycles. The van der Waals surface area contributed by atoms with Gasteiger partial charge in [0.15, 0.2) is 5.82 Å². The van der Waals surface area contributed by atoms with Gasteiger partial charge in [0.25, 0.3) is 5.91 Å². The van der Waals surface area contributed by atoms with Crippen LogP contribution in [0.2, 0.25) is 0 Å². The lowest BCUT2D eigenvalue weighted by atomic mass is 10.2. The van der Waals surface area contributed by atoms with E-state index >= 15 is 0 Å². The molecule has 1 aliphatic rings. The van der Waals surface area contributed by atoms with Crippen LogP contribution in [0.5, 0.6) is 0 Å². The van der Waals surface area contributed by atoms with Crippen LogP contribution < -0.4 is 10.2 Å². The van der Waals surface area contributed by atoms with Crippen molar-refractivity contribution >= 4 is 23.4 Å². The molecule has 0 spiro atoms. The van der Waals surface area contributed by atoms with Crippen LogP contribution in [0.3, 0.4) is 0 Å². The van der Waals surface area contributed by atoms with Gasteiger partial charge < -0.3 is 19.6 Å². The number of hydrogen-bond donors (Lipinski definition) is 1. The van der Waals surface area contributed by atoms with E-state index < -0.39 is 0 Å². The number of piperazine rings is 1. The number of aromatic nitrogens is 3. The molecule has 3 aromatic rings. The first-order chi connectivity index (χ1) is 13.2. The average Bonchev–Trinajstić information content (AvgIpc) is 3.13. The minimum absolute atomic E-state index is 0.0495. The van der Waals surface area contributed by atoms with E-state index in [1.54, 1.807) is 13.0 Å². The SMILES string of the molecule is Cc1cc(Nc2ncc(C(=O)N3CCN(c4ccccc4)CC3)cn2)no1. The smallest absolute Gasteiger partial charge is 0.257 e. The average molecular weight is 364 g/mol. The van der Waals surface area contributed by atoms with E-state index in [4.69, 9.17) is 4.52 Å². The Labute approximate surface area is 156 Å². The maximum atomic E-state index is 12.7. The number of anilines is 3. The summed E-state index contributed by atoms with van der Waals surface area (Å²) in [5.41, 5.74) is 1.66. The van der Waals surface area contributed by atoms with Gasteiger partial charge in [-0.1, -0.05) is 23.4 Å². The van der Waals surface area contributed by atoms with Gasteiger partial charge in [-0.15, -0.1) is 0 Å². The first-order valence-corrected chi connectivity index (χ1v) is 8.81. The number of hydrogen-bond acceptors (Lipinski definition) is 7. The molecule has 1 amide bonds. The lowest BCUT2D eigenvalue weighted by Crippen LogP contribution is -2.48. The van der Waals surface area contributed by atoms with Gasteiger partial charge in [0.05, 0.1) is 5.56 Å². The van der Waals surface area contributed by atoms with Crippen LogP contribution in [0, 0.1) is 6.92 Å². The maximum absolute atomic E-state index is 12.7. The third-order valence-corrected chi connectivity index (χ3v) is 4.45. The molecule has 1 fully saturated rings. The van der Waals surface area contributed by atoms with Crippen LogP contribution in [0.25, 0.3) is 0 Å². The fourth-order valence-electron chi connectivity index (χ4n) is 3.03. The summed E-state index contributed by atoms with van der Waals surface area (Å²) in [7, 11) is 0. The molecule has 0 unspecified atom stereocenters. The van der Waals surface area contributed by atoms with Crippen LogP contribution in [0.4, 0.5) is 17.5 Å². The minimum atomic E-state index is -0.0495. The van der Waals surface area contributed by atoms with Gasteiger partial charge in [-0.05, 0) is 19.1 Å². The first-order valence-electron chi connectivity index (χ1n) is 8.81. The van der Waals surface area contributed by atoms with Crippen molar-refractivity contribution in [1.82, 2.24) is 20.0 Å². The molecule has 1 aliphatic heterocycles. The molecule has 2 aromatic heterocycles. The zero-order valence-corrected chi connectivity index (χ0v) is 15.0. The molecule has 27 heavy (non-hydrogen) atoms. The molecule has 0 atom stereocenters. The fraction of sp³-hybridized carbons (Fsp3) is 0.263. The van der Waals surface area contributed by atoms with Crippen molar-refractivity contribution in [3.63, 3.8) is 0 Å². The largest absolute Gasteiger partial charge is 0.368 e. The monoisotopic (exact) mass is 364 g/mol. The van der Waals surface area contributed by atoms with E-state index in [1.165, 1.54) is 18.1 Å². The molecule has 0 saturated carbocycles. The summed E-state index contributed by atoms with van der Waals surface area (Å²) in [6.07, 6.45) is 3.07. The third kappa shape index (κ3) is 3.89. The quantitative estimate of drug-likeness (QED) is 0.761. The van der Waals surface area contributed by atoms with Gasteiger partial charge in [0.1, 0.15) is 5.76 Å². The predicted octanol–water partition coefficient (Wildman–Crippen LogP) is 2.48.